The minimum Gasteiger partial charge on any atom is -0.0628 e. The maximum absolute atomic E-state index is 2.78. The van der Waals surface area contributed by atoms with Gasteiger partial charge in [-0.3, -0.25) is 0 Å². The largest absolute Gasteiger partial charge is 0.0628 e. The lowest BCUT2D eigenvalue weighted by atomic mass is 9.37. The molecule has 0 spiro atoms. The smallest absolute Gasteiger partial charge is 0.0235 e. The third kappa shape index (κ3) is 3.36. The molecule has 4 fully saturated rings. The van der Waals surface area contributed by atoms with Crippen molar-refractivity contribution in [2.24, 2.45) is 57.2 Å². The molecule has 4 rings (SSSR count). The molecule has 0 unspecified atom stereocenters. The molecule has 0 nitrogen and oxygen atoms in total. The third-order valence-corrected chi connectivity index (χ3v) is 12.4. The number of hydrogen-bond donors (Lipinski definition) is 0. The lowest BCUT2D eigenvalue weighted by Gasteiger charge is -2.67. The summed E-state index contributed by atoms with van der Waals surface area (Å²) in [5.74, 6) is 5.74. The average molecular weight is 415 g/mol. The molecule has 4 aliphatic carbocycles. The van der Waals surface area contributed by atoms with Crippen LogP contribution >= 0.6 is 0 Å². The van der Waals surface area contributed by atoms with E-state index >= 15 is 0 Å². The zero-order valence-corrected chi connectivity index (χ0v) is 21.9. The van der Waals surface area contributed by atoms with E-state index in [0.717, 1.165) is 35.5 Å². The summed E-state index contributed by atoms with van der Waals surface area (Å²) in [5.41, 5.74) is 2.38. The van der Waals surface area contributed by atoms with Crippen molar-refractivity contribution in [3.8, 4) is 0 Å². The second-order valence-corrected chi connectivity index (χ2v) is 14.5. The number of fused-ring (bicyclic) bond motifs is 5. The normalized spacial score (nSPS) is 48.7. The van der Waals surface area contributed by atoms with Crippen LogP contribution in [0.2, 0.25) is 0 Å². The van der Waals surface area contributed by atoms with Gasteiger partial charge < -0.3 is 0 Å². The average Bonchev–Trinajstić information content (AvgIpc) is 2.93. The maximum atomic E-state index is 2.78. The van der Waals surface area contributed by atoms with Crippen LogP contribution in [0.4, 0.5) is 0 Å². The van der Waals surface area contributed by atoms with E-state index in [1.54, 1.807) is 0 Å². The summed E-state index contributed by atoms with van der Waals surface area (Å²) >= 11 is 0. The van der Waals surface area contributed by atoms with Gasteiger partial charge >= 0.3 is 0 Å². The Bertz CT molecular complexity index is 616. The number of rotatable bonds is 5. The highest BCUT2D eigenvalue weighted by molar-refractivity contribution is 5.16. The van der Waals surface area contributed by atoms with Crippen LogP contribution in [0.15, 0.2) is 0 Å². The van der Waals surface area contributed by atoms with Crippen molar-refractivity contribution in [1.29, 1.82) is 0 Å². The van der Waals surface area contributed by atoms with Gasteiger partial charge in [-0.1, -0.05) is 81.1 Å². The molecule has 0 N–H and O–H groups in total. The quantitative estimate of drug-likeness (QED) is 0.420. The highest BCUT2D eigenvalue weighted by Crippen LogP contribution is 2.75. The summed E-state index contributed by atoms with van der Waals surface area (Å²) < 4.78 is 0. The summed E-state index contributed by atoms with van der Waals surface area (Å²) in [6.07, 6.45) is 18.0. The summed E-state index contributed by atoms with van der Waals surface area (Å²) in [6, 6.07) is 0. The molecule has 4 saturated carbocycles. The molecule has 0 aromatic heterocycles. The molecule has 30 heavy (non-hydrogen) atoms. The molecular formula is C30H54. The standard InChI is InChI=1S/C30H54/c1-21(2)11-9-12-22(3)23-16-18-30(8)26-15-14-24-25(13-10-17-27(24,4)5)28(26,6)19-20-29(23,30)7/h21-26H,9-20H2,1-8H3/t22-,23-,24-,25-,26-,28+,29-,30+/m1/s1. The molecular weight excluding hydrogens is 360 g/mol. The molecule has 0 saturated heterocycles. The van der Waals surface area contributed by atoms with Crippen LogP contribution in [-0.4, -0.2) is 0 Å². The van der Waals surface area contributed by atoms with Crippen LogP contribution in [0.25, 0.3) is 0 Å². The lowest BCUT2D eigenvalue weighted by Crippen LogP contribution is -2.60. The first-order valence-corrected chi connectivity index (χ1v) is 14.0. The fourth-order valence-electron chi connectivity index (χ4n) is 10.4. The van der Waals surface area contributed by atoms with Gasteiger partial charge in [0.1, 0.15) is 0 Å². The fraction of sp³-hybridized carbons (Fsp3) is 1.00. The van der Waals surface area contributed by atoms with Crippen molar-refractivity contribution in [2.75, 3.05) is 0 Å². The van der Waals surface area contributed by atoms with Gasteiger partial charge in [-0.05, 0) is 109 Å². The van der Waals surface area contributed by atoms with Gasteiger partial charge in [0.05, 0.1) is 0 Å². The van der Waals surface area contributed by atoms with E-state index in [1.807, 2.05) is 0 Å². The molecule has 0 heteroatoms. The summed E-state index contributed by atoms with van der Waals surface area (Å²) in [6.45, 7) is 20.9. The molecule has 8 atom stereocenters. The minimum absolute atomic E-state index is 0.585. The topological polar surface area (TPSA) is 0 Å². The van der Waals surface area contributed by atoms with Gasteiger partial charge in [-0.25, -0.2) is 0 Å². The van der Waals surface area contributed by atoms with Gasteiger partial charge in [0.2, 0.25) is 0 Å². The molecule has 0 heterocycles. The summed E-state index contributed by atoms with van der Waals surface area (Å²) in [5, 5.41) is 0. The van der Waals surface area contributed by atoms with Crippen molar-refractivity contribution in [2.45, 2.75) is 132 Å². The van der Waals surface area contributed by atoms with Gasteiger partial charge in [-0.15, -0.1) is 0 Å². The third-order valence-electron chi connectivity index (χ3n) is 12.4. The zero-order valence-electron chi connectivity index (χ0n) is 21.9. The Morgan fingerprint density at radius 1 is 0.700 bits per heavy atom. The Labute approximate surface area is 189 Å². The molecule has 0 aromatic carbocycles. The molecule has 0 aromatic rings. The Morgan fingerprint density at radius 2 is 1.43 bits per heavy atom. The zero-order chi connectivity index (χ0) is 21.9. The highest BCUT2D eigenvalue weighted by atomic mass is 14.7. The Morgan fingerprint density at radius 3 is 2.13 bits per heavy atom. The van der Waals surface area contributed by atoms with Crippen LogP contribution in [0, 0.1) is 57.2 Å². The van der Waals surface area contributed by atoms with Gasteiger partial charge in [0.25, 0.3) is 0 Å². The van der Waals surface area contributed by atoms with Crippen molar-refractivity contribution >= 4 is 0 Å². The summed E-state index contributed by atoms with van der Waals surface area (Å²) in [4.78, 5) is 0. The van der Waals surface area contributed by atoms with Crippen molar-refractivity contribution in [1.82, 2.24) is 0 Å². The Hall–Kier alpha value is 0. The van der Waals surface area contributed by atoms with Crippen LogP contribution in [0.3, 0.4) is 0 Å². The van der Waals surface area contributed by atoms with E-state index < -0.39 is 0 Å². The van der Waals surface area contributed by atoms with Crippen molar-refractivity contribution in [3.05, 3.63) is 0 Å². The predicted octanol–water partition coefficient (Wildman–Crippen LogP) is 9.52. The first-order valence-electron chi connectivity index (χ1n) is 14.0. The predicted molar refractivity (Wildman–Crippen MR) is 131 cm³/mol. The van der Waals surface area contributed by atoms with Gasteiger partial charge in [0.15, 0.2) is 0 Å². The molecule has 4 aliphatic rings. The monoisotopic (exact) mass is 414 g/mol. The molecule has 0 amide bonds. The Balaban J connectivity index is 1.56. The molecule has 0 bridgehead atoms. The first kappa shape index (κ1) is 23.2. The first-order chi connectivity index (χ1) is 14.0. The van der Waals surface area contributed by atoms with Crippen molar-refractivity contribution < 1.29 is 0 Å². The molecule has 0 aliphatic heterocycles. The van der Waals surface area contributed by atoms with Crippen molar-refractivity contribution in [3.63, 3.8) is 0 Å². The van der Waals surface area contributed by atoms with Crippen LogP contribution in [-0.2, 0) is 0 Å². The van der Waals surface area contributed by atoms with E-state index in [0.29, 0.717) is 21.7 Å². The van der Waals surface area contributed by atoms with Crippen LogP contribution < -0.4 is 0 Å². The van der Waals surface area contributed by atoms with E-state index in [1.165, 1.54) is 77.0 Å². The highest BCUT2D eigenvalue weighted by Gasteiger charge is 2.67. The number of hydrogen-bond acceptors (Lipinski definition) is 0. The van der Waals surface area contributed by atoms with E-state index in [2.05, 4.69) is 55.4 Å². The minimum atomic E-state index is 0.585. The SMILES string of the molecule is CC(C)CCC[C@@H](C)[C@H]1CC[C@@]2(C)[C@@H]3CC[C@@H]4[C@@H](CCCC4(C)C)[C@]3(C)CC[C@]12C. The lowest BCUT2D eigenvalue weighted by molar-refractivity contribution is -0.188. The van der Waals surface area contributed by atoms with E-state index in [4.69, 9.17) is 0 Å². The van der Waals surface area contributed by atoms with Crippen LogP contribution in [0.1, 0.15) is 132 Å². The fourth-order valence-corrected chi connectivity index (χ4v) is 10.4. The second-order valence-electron chi connectivity index (χ2n) is 14.5. The maximum Gasteiger partial charge on any atom is -0.0235 e. The summed E-state index contributed by atoms with van der Waals surface area (Å²) in [7, 11) is 0. The van der Waals surface area contributed by atoms with Gasteiger partial charge in [0, 0.05) is 0 Å². The molecule has 0 radical (unpaired) electrons. The van der Waals surface area contributed by atoms with E-state index in [9.17, 15) is 0 Å². The Kier molecular flexibility index (Phi) is 6.02. The second kappa shape index (κ2) is 7.80. The van der Waals surface area contributed by atoms with Crippen LogP contribution in [0.5, 0.6) is 0 Å². The van der Waals surface area contributed by atoms with E-state index in [-0.39, 0.29) is 0 Å². The van der Waals surface area contributed by atoms with Gasteiger partial charge in [-0.2, -0.15) is 0 Å². The molecule has 174 valence electrons.